The van der Waals surface area contributed by atoms with E-state index in [4.69, 9.17) is 4.74 Å². The van der Waals surface area contributed by atoms with Gasteiger partial charge in [0.2, 0.25) is 0 Å². The molecule has 0 N–H and O–H groups in total. The molecule has 0 radical (unpaired) electrons. The molecule has 3 heteroatoms. The molecule has 0 aliphatic rings. The number of rotatable bonds is 7. The summed E-state index contributed by atoms with van der Waals surface area (Å²) in [5.41, 5.74) is 1.63. The fraction of sp³-hybridized carbons (Fsp3) is 0.429. The van der Waals surface area contributed by atoms with Gasteiger partial charge in [0, 0.05) is 18.6 Å². The van der Waals surface area contributed by atoms with Gasteiger partial charge in [0.1, 0.15) is 5.78 Å². The second-order valence-electron chi connectivity index (χ2n) is 3.96. The van der Waals surface area contributed by atoms with Crippen molar-refractivity contribution in [3.05, 3.63) is 35.4 Å². The summed E-state index contributed by atoms with van der Waals surface area (Å²) in [5, 5.41) is 0. The van der Waals surface area contributed by atoms with Gasteiger partial charge in [-0.2, -0.15) is 0 Å². The molecule has 3 nitrogen and oxygen atoms in total. The molecule has 0 fully saturated rings. The first-order valence-electron chi connectivity index (χ1n) is 5.82. The third-order valence-electron chi connectivity index (χ3n) is 2.43. The van der Waals surface area contributed by atoms with Gasteiger partial charge in [-0.3, -0.25) is 9.59 Å². The Bertz CT molecular complexity index is 396. The van der Waals surface area contributed by atoms with Crippen LogP contribution < -0.4 is 0 Å². The topological polar surface area (TPSA) is 43.4 Å². The summed E-state index contributed by atoms with van der Waals surface area (Å²) >= 11 is 0. The summed E-state index contributed by atoms with van der Waals surface area (Å²) in [4.78, 5) is 23.3. The van der Waals surface area contributed by atoms with Crippen LogP contribution in [0.15, 0.2) is 24.3 Å². The molecule has 17 heavy (non-hydrogen) atoms. The monoisotopic (exact) mass is 234 g/mol. The predicted octanol–water partition coefficient (Wildman–Crippen LogP) is 2.56. The van der Waals surface area contributed by atoms with Crippen LogP contribution in [0.5, 0.6) is 0 Å². The molecular formula is C14H18O3. The molecular weight excluding hydrogens is 216 g/mol. The van der Waals surface area contributed by atoms with Gasteiger partial charge in [0.15, 0.2) is 5.78 Å². The number of hydrogen-bond acceptors (Lipinski definition) is 3. The summed E-state index contributed by atoms with van der Waals surface area (Å²) < 4.78 is 5.08. The molecule has 1 aromatic carbocycles. The molecule has 0 amide bonds. The van der Waals surface area contributed by atoms with Crippen molar-refractivity contribution in [3.63, 3.8) is 0 Å². The number of Topliss-reactive ketones (excluding diaryl/α,β-unsaturated/α-hetero) is 2. The van der Waals surface area contributed by atoms with E-state index in [9.17, 15) is 9.59 Å². The second-order valence-corrected chi connectivity index (χ2v) is 3.96. The zero-order valence-electron chi connectivity index (χ0n) is 10.4. The Labute approximate surface area is 102 Å². The molecule has 0 aliphatic heterocycles. The molecule has 0 atom stereocenters. The first-order valence-corrected chi connectivity index (χ1v) is 5.82. The second kappa shape index (κ2) is 6.97. The molecule has 0 aromatic heterocycles. The molecule has 0 spiro atoms. The molecule has 0 heterocycles. The van der Waals surface area contributed by atoms with Crippen molar-refractivity contribution < 1.29 is 14.3 Å². The van der Waals surface area contributed by atoms with Gasteiger partial charge in [-0.05, 0) is 19.9 Å². The predicted molar refractivity (Wildman–Crippen MR) is 66.2 cm³/mol. The molecule has 0 saturated carbocycles. The third-order valence-corrected chi connectivity index (χ3v) is 2.43. The lowest BCUT2D eigenvalue weighted by atomic mass is 10.0. The van der Waals surface area contributed by atoms with Crippen LogP contribution in [0.2, 0.25) is 0 Å². The fourth-order valence-corrected chi connectivity index (χ4v) is 1.52. The molecule has 0 saturated heterocycles. The summed E-state index contributed by atoms with van der Waals surface area (Å²) in [7, 11) is 0. The minimum Gasteiger partial charge on any atom is -0.381 e. The highest BCUT2D eigenvalue weighted by Crippen LogP contribution is 2.08. The van der Waals surface area contributed by atoms with Crippen LogP contribution in [0, 0.1) is 6.92 Å². The van der Waals surface area contributed by atoms with Crippen molar-refractivity contribution in [2.75, 3.05) is 13.2 Å². The lowest BCUT2D eigenvalue weighted by molar-refractivity contribution is -0.119. The van der Waals surface area contributed by atoms with Crippen molar-refractivity contribution in [1.82, 2.24) is 0 Å². The molecule has 1 rings (SSSR count). The van der Waals surface area contributed by atoms with Crippen molar-refractivity contribution >= 4 is 11.6 Å². The van der Waals surface area contributed by atoms with Crippen LogP contribution in [0.3, 0.4) is 0 Å². The van der Waals surface area contributed by atoms with E-state index in [1.54, 1.807) is 12.1 Å². The summed E-state index contributed by atoms with van der Waals surface area (Å²) in [6, 6.07) is 7.30. The zero-order chi connectivity index (χ0) is 12.7. The van der Waals surface area contributed by atoms with E-state index in [1.165, 1.54) is 0 Å². The number of ketones is 2. The highest BCUT2D eigenvalue weighted by molar-refractivity contribution is 6.08. The number of carbonyl (C=O) groups excluding carboxylic acids is 2. The normalized spacial score (nSPS) is 10.2. The van der Waals surface area contributed by atoms with Gasteiger partial charge in [-0.1, -0.05) is 23.8 Å². The van der Waals surface area contributed by atoms with Crippen molar-refractivity contribution in [3.8, 4) is 0 Å². The third kappa shape index (κ3) is 4.91. The van der Waals surface area contributed by atoms with Crippen LogP contribution in [0.25, 0.3) is 0 Å². The van der Waals surface area contributed by atoms with E-state index < -0.39 is 0 Å². The van der Waals surface area contributed by atoms with Gasteiger partial charge in [0.05, 0.1) is 13.0 Å². The Hall–Kier alpha value is -1.48. The Morgan fingerprint density at radius 1 is 1.29 bits per heavy atom. The smallest absolute Gasteiger partial charge is 0.170 e. The molecule has 0 aliphatic carbocycles. The van der Waals surface area contributed by atoms with Crippen LogP contribution in [-0.2, 0) is 9.53 Å². The Balaban J connectivity index is 2.46. The highest BCUT2D eigenvalue weighted by atomic mass is 16.5. The van der Waals surface area contributed by atoms with Crippen molar-refractivity contribution in [2.24, 2.45) is 0 Å². The largest absolute Gasteiger partial charge is 0.381 e. The van der Waals surface area contributed by atoms with Gasteiger partial charge in [-0.15, -0.1) is 0 Å². The summed E-state index contributed by atoms with van der Waals surface area (Å²) in [6.45, 7) is 4.80. The van der Waals surface area contributed by atoms with E-state index in [2.05, 4.69) is 0 Å². The minimum absolute atomic E-state index is 0.0312. The lowest BCUT2D eigenvalue weighted by Crippen LogP contribution is -2.10. The van der Waals surface area contributed by atoms with Crippen LogP contribution in [0.1, 0.15) is 35.7 Å². The maximum absolute atomic E-state index is 11.8. The fourth-order valence-electron chi connectivity index (χ4n) is 1.52. The van der Waals surface area contributed by atoms with E-state index in [0.717, 1.165) is 5.56 Å². The Morgan fingerprint density at radius 3 is 2.71 bits per heavy atom. The van der Waals surface area contributed by atoms with Gasteiger partial charge < -0.3 is 4.74 Å². The van der Waals surface area contributed by atoms with E-state index in [0.29, 0.717) is 25.2 Å². The SMILES string of the molecule is CCOCCC(=O)CC(=O)c1cccc(C)c1. The van der Waals surface area contributed by atoms with Crippen LogP contribution in [-0.4, -0.2) is 24.8 Å². The zero-order valence-corrected chi connectivity index (χ0v) is 10.4. The standard InChI is InChI=1S/C14H18O3/c1-3-17-8-7-13(15)10-14(16)12-6-4-5-11(2)9-12/h4-6,9H,3,7-8,10H2,1-2H3. The number of ether oxygens (including phenoxy) is 1. The first kappa shape index (κ1) is 13.6. The van der Waals surface area contributed by atoms with E-state index in [1.807, 2.05) is 26.0 Å². The summed E-state index contributed by atoms with van der Waals surface area (Å²) in [6.07, 6.45) is 0.280. The van der Waals surface area contributed by atoms with Crippen LogP contribution in [0.4, 0.5) is 0 Å². The number of aryl methyl sites for hydroxylation is 1. The first-order chi connectivity index (χ1) is 8.13. The molecule has 0 unspecified atom stereocenters. The minimum atomic E-state index is -0.116. The van der Waals surface area contributed by atoms with Gasteiger partial charge in [-0.25, -0.2) is 0 Å². The highest BCUT2D eigenvalue weighted by Gasteiger charge is 2.11. The molecule has 92 valence electrons. The number of hydrogen-bond donors (Lipinski definition) is 0. The number of carbonyl (C=O) groups is 2. The average Bonchev–Trinajstić information content (AvgIpc) is 2.29. The van der Waals surface area contributed by atoms with Gasteiger partial charge in [0.25, 0.3) is 0 Å². The van der Waals surface area contributed by atoms with Crippen LogP contribution >= 0.6 is 0 Å². The molecule has 0 bridgehead atoms. The van der Waals surface area contributed by atoms with Crippen molar-refractivity contribution in [1.29, 1.82) is 0 Å². The maximum Gasteiger partial charge on any atom is 0.170 e. The molecule has 1 aromatic rings. The Kier molecular flexibility index (Phi) is 5.57. The summed E-state index contributed by atoms with van der Waals surface area (Å²) in [5.74, 6) is -0.180. The quantitative estimate of drug-likeness (QED) is 0.413. The van der Waals surface area contributed by atoms with Crippen molar-refractivity contribution in [2.45, 2.75) is 26.7 Å². The average molecular weight is 234 g/mol. The maximum atomic E-state index is 11.8. The van der Waals surface area contributed by atoms with E-state index in [-0.39, 0.29) is 18.0 Å². The lowest BCUT2D eigenvalue weighted by Gasteiger charge is -2.02. The van der Waals surface area contributed by atoms with Gasteiger partial charge >= 0.3 is 0 Å². The number of benzene rings is 1. The Morgan fingerprint density at radius 2 is 2.06 bits per heavy atom. The van der Waals surface area contributed by atoms with E-state index >= 15 is 0 Å².